The van der Waals surface area contributed by atoms with E-state index in [1.165, 1.54) is 193 Å². The van der Waals surface area contributed by atoms with Crippen molar-refractivity contribution in [1.82, 2.24) is 0 Å². The topological polar surface area (TPSA) is 52.6 Å². The molecule has 0 heterocycles. The zero-order valence-corrected chi connectivity index (χ0v) is 50.8. The molecule has 2 unspecified atom stereocenters. The monoisotopic (exact) mass is 1040 g/mol. The van der Waals surface area contributed by atoms with Crippen molar-refractivity contribution in [2.75, 3.05) is 11.5 Å². The number of ether oxygens (including phenoxy) is 2. The average Bonchev–Trinajstić information content (AvgIpc) is 3.31. The maximum atomic E-state index is 13.5. The zero-order valence-electron chi connectivity index (χ0n) is 48.4. The lowest BCUT2D eigenvalue weighted by molar-refractivity contribution is -0.134. The lowest BCUT2D eigenvalue weighted by atomic mass is 9.85. The number of aryl methyl sites for hydroxylation is 2. The van der Waals surface area contributed by atoms with Gasteiger partial charge in [0.15, 0.2) is 0 Å². The molecule has 0 aromatic heterocycles. The summed E-state index contributed by atoms with van der Waals surface area (Å²) in [4.78, 5) is 29.3. The Labute approximate surface area is 452 Å². The van der Waals surface area contributed by atoms with Gasteiger partial charge in [-0.25, -0.2) is 0 Å². The summed E-state index contributed by atoms with van der Waals surface area (Å²) in [5.74, 6) is 2.97. The summed E-state index contributed by atoms with van der Waals surface area (Å²) in [7, 11) is 0. The van der Waals surface area contributed by atoms with E-state index >= 15 is 0 Å². The molecule has 408 valence electrons. The Kier molecular flexibility index (Phi) is 35.9. The summed E-state index contributed by atoms with van der Waals surface area (Å²) >= 11 is 5.18. The molecule has 0 aliphatic heterocycles. The lowest BCUT2D eigenvalue weighted by Crippen LogP contribution is -2.23. The van der Waals surface area contributed by atoms with Crippen molar-refractivity contribution in [2.45, 2.75) is 320 Å². The molecule has 71 heavy (non-hydrogen) atoms. The summed E-state index contributed by atoms with van der Waals surface area (Å²) in [6.07, 6.45) is 43.7. The van der Waals surface area contributed by atoms with Crippen molar-refractivity contribution in [2.24, 2.45) is 0 Å². The highest BCUT2D eigenvalue weighted by atomic mass is 32.2. The quantitative estimate of drug-likeness (QED) is 0.0373. The van der Waals surface area contributed by atoms with Gasteiger partial charge in [-0.15, -0.1) is 23.5 Å². The fourth-order valence-corrected chi connectivity index (χ4v) is 12.2. The van der Waals surface area contributed by atoms with Crippen molar-refractivity contribution in [3.8, 4) is 11.5 Å². The minimum Gasteiger partial charge on any atom is -0.425 e. The third kappa shape index (κ3) is 29.9. The van der Waals surface area contributed by atoms with Crippen LogP contribution in [0.4, 0.5) is 0 Å². The third-order valence-electron chi connectivity index (χ3n) is 14.2. The van der Waals surface area contributed by atoms with E-state index in [-0.39, 0.29) is 33.3 Å². The maximum Gasteiger partial charge on any atom is 0.324 e. The van der Waals surface area contributed by atoms with Gasteiger partial charge in [-0.2, -0.15) is 0 Å². The molecule has 0 spiro atoms. The van der Waals surface area contributed by atoms with Gasteiger partial charge in [0.25, 0.3) is 0 Å². The molecule has 0 aliphatic carbocycles. The molecule has 0 radical (unpaired) electrons. The molecule has 0 N–H and O–H groups in total. The van der Waals surface area contributed by atoms with Gasteiger partial charge in [-0.05, 0) is 98.3 Å². The van der Waals surface area contributed by atoms with Gasteiger partial charge >= 0.3 is 11.9 Å². The first-order chi connectivity index (χ1) is 34.0. The van der Waals surface area contributed by atoms with Crippen LogP contribution in [0.2, 0.25) is 0 Å². The number of esters is 2. The van der Waals surface area contributed by atoms with E-state index in [0.717, 1.165) is 56.4 Å². The number of unbranched alkanes of at least 4 members (excludes halogenated alkanes) is 30. The predicted molar refractivity (Wildman–Crippen MR) is 318 cm³/mol. The van der Waals surface area contributed by atoms with Crippen LogP contribution in [0, 0.1) is 13.8 Å². The fraction of sp³-hybridized carbons (Fsp3) is 0.781. The Morgan fingerprint density at radius 1 is 0.408 bits per heavy atom. The maximum absolute atomic E-state index is 13.5. The van der Waals surface area contributed by atoms with Crippen molar-refractivity contribution in [3.63, 3.8) is 0 Å². The molecule has 2 rings (SSSR count). The summed E-state index contributed by atoms with van der Waals surface area (Å²) in [6.45, 7) is 25.9. The largest absolute Gasteiger partial charge is 0.425 e. The van der Waals surface area contributed by atoms with Gasteiger partial charge in [0, 0.05) is 20.9 Å². The molecule has 0 bridgehead atoms. The Morgan fingerprint density at radius 3 is 0.887 bits per heavy atom. The van der Waals surface area contributed by atoms with Crippen LogP contribution in [-0.2, 0) is 20.4 Å². The van der Waals surface area contributed by atoms with Crippen LogP contribution >= 0.6 is 35.3 Å². The second-order valence-electron chi connectivity index (χ2n) is 23.3. The molecule has 4 nitrogen and oxygen atoms in total. The van der Waals surface area contributed by atoms with Crippen molar-refractivity contribution in [1.29, 1.82) is 0 Å². The molecular weight excluding hydrogens is 929 g/mol. The zero-order chi connectivity index (χ0) is 52.3. The van der Waals surface area contributed by atoms with Crippen LogP contribution in [0.1, 0.15) is 297 Å². The van der Waals surface area contributed by atoms with E-state index < -0.39 is 0 Å². The van der Waals surface area contributed by atoms with Crippen LogP contribution < -0.4 is 9.47 Å². The molecule has 7 heteroatoms. The number of thioether (sulfide) groups is 2. The molecule has 0 aliphatic rings. The first-order valence-electron chi connectivity index (χ1n) is 29.6. The Balaban J connectivity index is 1.82. The van der Waals surface area contributed by atoms with E-state index in [2.05, 4.69) is 93.5 Å². The first-order valence-corrected chi connectivity index (χ1v) is 32.6. The minimum atomic E-state index is -0.229. The summed E-state index contributed by atoms with van der Waals surface area (Å²) in [5.41, 5.74) is 3.74. The number of carbonyl (C=O) groups excluding carboxylic acids is 2. The van der Waals surface area contributed by atoms with Crippen LogP contribution in [0.15, 0.2) is 34.1 Å². The number of hydrogen-bond donors (Lipinski definition) is 0. The highest BCUT2D eigenvalue weighted by molar-refractivity contribution is 8.00. The van der Waals surface area contributed by atoms with Gasteiger partial charge in [-0.1, -0.05) is 260 Å². The van der Waals surface area contributed by atoms with E-state index in [0.29, 0.717) is 11.5 Å². The van der Waals surface area contributed by atoms with Gasteiger partial charge < -0.3 is 9.47 Å². The van der Waals surface area contributed by atoms with Gasteiger partial charge in [-0.3, -0.25) is 9.59 Å². The Hall–Kier alpha value is -1.57. The Morgan fingerprint density at radius 2 is 0.648 bits per heavy atom. The second kappa shape index (κ2) is 38.9. The predicted octanol–water partition coefficient (Wildman–Crippen LogP) is 21.6. The van der Waals surface area contributed by atoms with Crippen LogP contribution in [0.3, 0.4) is 0 Å². The van der Waals surface area contributed by atoms with Gasteiger partial charge in [0.1, 0.15) is 22.0 Å². The molecule has 2 aromatic rings. The lowest BCUT2D eigenvalue weighted by Gasteiger charge is -2.26. The number of carbonyl (C=O) groups is 2. The SMILES string of the molecule is CCCCCCCCCCCCCCCCCCSC(C)C(=O)Oc1cc(C)c(Sc2cc(C(C)(C)C)c(OC(=O)C(C)SCCCCCCCCCCCCCCCCCC)cc2C)cc1C(C)(C)C. The van der Waals surface area contributed by atoms with Gasteiger partial charge in [0.05, 0.1) is 0 Å². The molecule has 2 aromatic carbocycles. The van der Waals surface area contributed by atoms with E-state index in [9.17, 15) is 9.59 Å². The third-order valence-corrected chi connectivity index (χ3v) is 18.0. The summed E-state index contributed by atoms with van der Waals surface area (Å²) in [5, 5.41) is -0.435. The fourth-order valence-electron chi connectivity index (χ4n) is 9.34. The minimum absolute atomic E-state index is 0.166. The molecular formula is C64H110O4S3. The van der Waals surface area contributed by atoms with Crippen molar-refractivity contribution >= 4 is 47.2 Å². The van der Waals surface area contributed by atoms with E-state index in [1.807, 2.05) is 13.8 Å². The van der Waals surface area contributed by atoms with Crippen LogP contribution in [-0.4, -0.2) is 33.9 Å². The highest BCUT2D eigenvalue weighted by Gasteiger charge is 2.27. The smallest absolute Gasteiger partial charge is 0.324 e. The Bertz CT molecular complexity index is 1580. The molecule has 0 fully saturated rings. The second-order valence-corrected chi connectivity index (χ2v) is 27.3. The molecule has 2 atom stereocenters. The summed E-state index contributed by atoms with van der Waals surface area (Å²) < 4.78 is 12.4. The molecule has 0 saturated carbocycles. The number of rotatable bonds is 42. The number of benzene rings is 2. The normalized spacial score (nSPS) is 12.9. The van der Waals surface area contributed by atoms with Crippen LogP contribution in [0.5, 0.6) is 11.5 Å². The van der Waals surface area contributed by atoms with Crippen molar-refractivity contribution in [3.05, 3.63) is 46.5 Å². The van der Waals surface area contributed by atoms with Crippen molar-refractivity contribution < 1.29 is 19.1 Å². The highest BCUT2D eigenvalue weighted by Crippen LogP contribution is 2.44. The van der Waals surface area contributed by atoms with Crippen LogP contribution in [0.25, 0.3) is 0 Å². The number of hydrogen-bond acceptors (Lipinski definition) is 7. The van der Waals surface area contributed by atoms with E-state index in [4.69, 9.17) is 9.47 Å². The van der Waals surface area contributed by atoms with E-state index in [1.54, 1.807) is 35.3 Å². The van der Waals surface area contributed by atoms with Gasteiger partial charge in [0.2, 0.25) is 0 Å². The standard InChI is InChI=1S/C64H110O4S3/c1-13-15-17-19-21-23-25-27-29-31-33-35-37-39-41-43-45-69-53(5)61(65)67-57-47-51(3)59(49-55(57)63(7,8)9)71-60-50-56(64(10,11)12)58(48-52(60)4)68-62(66)54(6)70-46-44-42-40-38-36-34-32-30-28-26-24-22-20-18-16-14-2/h47-50,53-54H,13-46H2,1-12H3. The molecule has 0 saturated heterocycles. The first kappa shape index (κ1) is 65.5. The average molecular weight is 1040 g/mol. The summed E-state index contributed by atoms with van der Waals surface area (Å²) in [6, 6.07) is 8.56. The molecule has 0 amide bonds.